The molecule has 2 aliphatic rings. The van der Waals surface area contributed by atoms with Gasteiger partial charge in [-0.05, 0) is 50.3 Å². The highest BCUT2D eigenvalue weighted by atomic mass is 15.1. The average molecular weight is 286 g/mol. The van der Waals surface area contributed by atoms with Gasteiger partial charge in [0.1, 0.15) is 0 Å². The smallest absolute Gasteiger partial charge is 0.0208 e. The Morgan fingerprint density at radius 2 is 1.67 bits per heavy atom. The second-order valence-corrected chi connectivity index (χ2v) is 6.88. The third-order valence-electron chi connectivity index (χ3n) is 5.26. The summed E-state index contributed by atoms with van der Waals surface area (Å²) in [6.07, 6.45) is 9.89. The van der Waals surface area contributed by atoms with E-state index in [1.165, 1.54) is 70.1 Å². The lowest BCUT2D eigenvalue weighted by Crippen LogP contribution is -2.45. The first-order chi connectivity index (χ1) is 10.4. The summed E-state index contributed by atoms with van der Waals surface area (Å²) in [5.74, 6) is 0.862. The summed E-state index contributed by atoms with van der Waals surface area (Å²) in [5, 5.41) is 3.85. The molecule has 0 bridgehead atoms. The lowest BCUT2D eigenvalue weighted by molar-refractivity contribution is 0.148. The summed E-state index contributed by atoms with van der Waals surface area (Å²) in [5.41, 5.74) is 1.42. The second-order valence-electron chi connectivity index (χ2n) is 6.88. The molecule has 1 aliphatic heterocycles. The zero-order chi connectivity index (χ0) is 14.3. The van der Waals surface area contributed by atoms with E-state index in [9.17, 15) is 0 Å². The highest BCUT2D eigenvalue weighted by Gasteiger charge is 2.26. The van der Waals surface area contributed by atoms with Gasteiger partial charge >= 0.3 is 0 Å². The predicted octanol–water partition coefficient (Wildman–Crippen LogP) is 3.82. The summed E-state index contributed by atoms with van der Waals surface area (Å²) >= 11 is 0. The first kappa shape index (κ1) is 15.1. The molecular formula is C19H30N2. The number of piperidine rings is 1. The fraction of sp³-hybridized carbons (Fsp3) is 0.684. The summed E-state index contributed by atoms with van der Waals surface area (Å²) in [4.78, 5) is 2.72. The van der Waals surface area contributed by atoms with Crippen molar-refractivity contribution in [3.05, 3.63) is 35.9 Å². The highest BCUT2D eigenvalue weighted by Crippen LogP contribution is 2.26. The van der Waals surface area contributed by atoms with E-state index in [1.807, 2.05) is 0 Å². The predicted molar refractivity (Wildman–Crippen MR) is 89.3 cm³/mol. The van der Waals surface area contributed by atoms with Gasteiger partial charge in [-0.2, -0.15) is 0 Å². The number of hydrogen-bond donors (Lipinski definition) is 1. The van der Waals surface area contributed by atoms with Gasteiger partial charge in [-0.25, -0.2) is 0 Å². The minimum Gasteiger partial charge on any atom is -0.310 e. The molecule has 21 heavy (non-hydrogen) atoms. The maximum Gasteiger partial charge on any atom is 0.0208 e. The quantitative estimate of drug-likeness (QED) is 0.885. The SMILES string of the molecule is c1ccc(CN[C@H]2CCCC[C@H]2CN2CCCCC2)cc1. The molecule has 0 radical (unpaired) electrons. The molecule has 1 heterocycles. The van der Waals surface area contributed by atoms with Crippen LogP contribution in [-0.4, -0.2) is 30.6 Å². The van der Waals surface area contributed by atoms with Gasteiger partial charge in [0.05, 0.1) is 0 Å². The number of nitrogens with zero attached hydrogens (tertiary/aromatic N) is 1. The monoisotopic (exact) mass is 286 g/mol. The molecule has 2 fully saturated rings. The molecule has 1 aromatic carbocycles. The molecule has 0 amide bonds. The fourth-order valence-electron chi connectivity index (χ4n) is 4.01. The van der Waals surface area contributed by atoms with Crippen molar-refractivity contribution in [3.63, 3.8) is 0 Å². The van der Waals surface area contributed by atoms with E-state index < -0.39 is 0 Å². The Morgan fingerprint density at radius 3 is 2.48 bits per heavy atom. The summed E-state index contributed by atoms with van der Waals surface area (Å²) in [6, 6.07) is 11.6. The molecular weight excluding hydrogens is 256 g/mol. The van der Waals surface area contributed by atoms with Crippen LogP contribution in [0.2, 0.25) is 0 Å². The molecule has 0 spiro atoms. The zero-order valence-electron chi connectivity index (χ0n) is 13.3. The van der Waals surface area contributed by atoms with Crippen LogP contribution in [0, 0.1) is 5.92 Å². The Labute approximate surface area is 129 Å². The molecule has 1 saturated carbocycles. The largest absolute Gasteiger partial charge is 0.310 e. The van der Waals surface area contributed by atoms with Crippen molar-refractivity contribution in [2.45, 2.75) is 57.5 Å². The van der Waals surface area contributed by atoms with E-state index in [2.05, 4.69) is 40.5 Å². The molecule has 2 atom stereocenters. The highest BCUT2D eigenvalue weighted by molar-refractivity contribution is 5.14. The number of hydrogen-bond acceptors (Lipinski definition) is 2. The lowest BCUT2D eigenvalue weighted by atomic mass is 9.83. The van der Waals surface area contributed by atoms with Gasteiger partial charge in [-0.3, -0.25) is 0 Å². The van der Waals surface area contributed by atoms with Crippen LogP contribution in [0.4, 0.5) is 0 Å². The summed E-state index contributed by atoms with van der Waals surface area (Å²) in [6.45, 7) is 5.03. The molecule has 0 aromatic heterocycles. The van der Waals surface area contributed by atoms with E-state index in [1.54, 1.807) is 0 Å². The molecule has 116 valence electrons. The van der Waals surface area contributed by atoms with Crippen LogP contribution < -0.4 is 5.32 Å². The van der Waals surface area contributed by atoms with Crippen molar-refractivity contribution >= 4 is 0 Å². The average Bonchev–Trinajstić information content (AvgIpc) is 2.56. The van der Waals surface area contributed by atoms with Crippen LogP contribution >= 0.6 is 0 Å². The number of benzene rings is 1. The Hall–Kier alpha value is -0.860. The van der Waals surface area contributed by atoms with Crippen molar-refractivity contribution in [2.75, 3.05) is 19.6 Å². The van der Waals surface area contributed by atoms with Crippen LogP contribution in [-0.2, 0) is 6.54 Å². The van der Waals surface area contributed by atoms with Crippen LogP contribution in [0.1, 0.15) is 50.5 Å². The van der Waals surface area contributed by atoms with Gasteiger partial charge in [0.15, 0.2) is 0 Å². The summed E-state index contributed by atoms with van der Waals surface area (Å²) < 4.78 is 0. The third-order valence-corrected chi connectivity index (χ3v) is 5.26. The van der Waals surface area contributed by atoms with Crippen LogP contribution in [0.25, 0.3) is 0 Å². The summed E-state index contributed by atoms with van der Waals surface area (Å²) in [7, 11) is 0. The van der Waals surface area contributed by atoms with Crippen LogP contribution in [0.15, 0.2) is 30.3 Å². The van der Waals surface area contributed by atoms with E-state index in [4.69, 9.17) is 0 Å². The van der Waals surface area contributed by atoms with Crippen molar-refractivity contribution < 1.29 is 0 Å². The normalized spacial score (nSPS) is 27.6. The van der Waals surface area contributed by atoms with Gasteiger partial charge in [0.2, 0.25) is 0 Å². The van der Waals surface area contributed by atoms with Gasteiger partial charge in [0.25, 0.3) is 0 Å². The van der Waals surface area contributed by atoms with Gasteiger partial charge < -0.3 is 10.2 Å². The van der Waals surface area contributed by atoms with E-state index >= 15 is 0 Å². The van der Waals surface area contributed by atoms with Crippen LogP contribution in [0.5, 0.6) is 0 Å². The second kappa shape index (κ2) is 7.95. The molecule has 3 rings (SSSR count). The molecule has 2 heteroatoms. The minimum atomic E-state index is 0.723. The molecule has 1 aliphatic carbocycles. The van der Waals surface area contributed by atoms with Gasteiger partial charge in [0, 0.05) is 19.1 Å². The Bertz CT molecular complexity index is 397. The van der Waals surface area contributed by atoms with E-state index in [0.717, 1.165) is 18.5 Å². The topological polar surface area (TPSA) is 15.3 Å². The molecule has 1 aromatic rings. The van der Waals surface area contributed by atoms with Crippen molar-refractivity contribution in [2.24, 2.45) is 5.92 Å². The third kappa shape index (κ3) is 4.55. The first-order valence-electron chi connectivity index (χ1n) is 8.91. The fourth-order valence-corrected chi connectivity index (χ4v) is 4.01. The molecule has 2 nitrogen and oxygen atoms in total. The van der Waals surface area contributed by atoms with Gasteiger partial charge in [-0.15, -0.1) is 0 Å². The van der Waals surface area contributed by atoms with Crippen molar-refractivity contribution in [3.8, 4) is 0 Å². The Morgan fingerprint density at radius 1 is 0.905 bits per heavy atom. The Balaban J connectivity index is 1.51. The van der Waals surface area contributed by atoms with E-state index in [-0.39, 0.29) is 0 Å². The number of rotatable bonds is 5. The maximum atomic E-state index is 3.85. The van der Waals surface area contributed by atoms with Crippen molar-refractivity contribution in [1.82, 2.24) is 10.2 Å². The standard InChI is InChI=1S/C19H30N2/c1-3-9-17(10-4-1)15-20-19-12-6-5-11-18(19)16-21-13-7-2-8-14-21/h1,3-4,9-10,18-20H,2,5-8,11-16H2/t18-,19-/m0/s1. The molecule has 1 saturated heterocycles. The zero-order valence-corrected chi connectivity index (χ0v) is 13.3. The maximum absolute atomic E-state index is 3.85. The first-order valence-corrected chi connectivity index (χ1v) is 8.91. The Kier molecular flexibility index (Phi) is 5.70. The number of likely N-dealkylation sites (tertiary alicyclic amines) is 1. The van der Waals surface area contributed by atoms with Gasteiger partial charge in [-0.1, -0.05) is 49.6 Å². The number of nitrogens with one attached hydrogen (secondary N) is 1. The van der Waals surface area contributed by atoms with E-state index in [0.29, 0.717) is 0 Å². The minimum absolute atomic E-state index is 0.723. The lowest BCUT2D eigenvalue weighted by Gasteiger charge is -2.37. The van der Waals surface area contributed by atoms with Crippen molar-refractivity contribution in [1.29, 1.82) is 0 Å². The molecule has 0 unspecified atom stereocenters. The van der Waals surface area contributed by atoms with Crippen LogP contribution in [0.3, 0.4) is 0 Å². The molecule has 1 N–H and O–H groups in total.